The lowest BCUT2D eigenvalue weighted by molar-refractivity contribution is -0.116. The normalized spacial score (nSPS) is 18.4. The van der Waals surface area contributed by atoms with Crippen molar-refractivity contribution in [3.05, 3.63) is 59.7 Å². The molecule has 0 unspecified atom stereocenters. The van der Waals surface area contributed by atoms with E-state index in [2.05, 4.69) is 5.32 Å². The van der Waals surface area contributed by atoms with Crippen molar-refractivity contribution >= 4 is 35.1 Å². The first-order valence-electron chi connectivity index (χ1n) is 9.43. The van der Waals surface area contributed by atoms with Crippen LogP contribution in [0.2, 0.25) is 0 Å². The summed E-state index contributed by atoms with van der Waals surface area (Å²) in [4.78, 5) is 28.2. The molecule has 2 heterocycles. The summed E-state index contributed by atoms with van der Waals surface area (Å²) in [5.41, 5.74) is 1.95. The maximum Gasteiger partial charge on any atom is 0.321 e. The minimum Gasteiger partial charge on any atom is -0.324 e. The Kier molecular flexibility index (Phi) is 5.21. The first-order valence-corrected chi connectivity index (χ1v) is 10.4. The zero-order valence-corrected chi connectivity index (χ0v) is 16.8. The van der Waals surface area contributed by atoms with Gasteiger partial charge in [-0.2, -0.15) is 0 Å². The summed E-state index contributed by atoms with van der Waals surface area (Å²) in [5.74, 6) is -1.01. The third-order valence-corrected chi connectivity index (χ3v) is 6.94. The second kappa shape index (κ2) is 7.67. The lowest BCUT2D eigenvalue weighted by Gasteiger charge is -2.43. The first-order chi connectivity index (χ1) is 13.9. The Hall–Kier alpha value is -2.61. The lowest BCUT2D eigenvalue weighted by atomic mass is 10.0. The molecule has 0 bridgehead atoms. The number of amides is 3. The van der Waals surface area contributed by atoms with Crippen LogP contribution in [0.3, 0.4) is 0 Å². The molecule has 8 heteroatoms. The molecule has 152 valence electrons. The summed E-state index contributed by atoms with van der Waals surface area (Å²) in [6, 6.07) is 10.5. The number of hydrogen-bond acceptors (Lipinski definition) is 3. The molecule has 0 atom stereocenters. The summed E-state index contributed by atoms with van der Waals surface area (Å²) in [6.07, 6.45) is 1.24. The van der Waals surface area contributed by atoms with Crippen LogP contribution in [0.4, 0.5) is 25.0 Å². The fraction of sp³-hybridized carbons (Fsp3) is 0.333. The average molecular weight is 417 g/mol. The van der Waals surface area contributed by atoms with Gasteiger partial charge in [-0.3, -0.25) is 9.69 Å². The zero-order chi connectivity index (χ0) is 20.6. The minimum atomic E-state index is -0.811. The van der Waals surface area contributed by atoms with Gasteiger partial charge in [0.25, 0.3) is 0 Å². The van der Waals surface area contributed by atoms with Crippen molar-refractivity contribution in [3.63, 3.8) is 0 Å². The molecule has 2 saturated heterocycles. The maximum absolute atomic E-state index is 13.8. The SMILES string of the molecule is Cc1ccc(N2C(=O)CSC23CCN(C(=O)Nc2ccc(F)cc2F)CC3)cc1. The monoisotopic (exact) mass is 417 g/mol. The summed E-state index contributed by atoms with van der Waals surface area (Å²) in [5, 5.41) is 2.50. The third kappa shape index (κ3) is 3.81. The highest BCUT2D eigenvalue weighted by atomic mass is 32.2. The van der Waals surface area contributed by atoms with Gasteiger partial charge in [-0.1, -0.05) is 17.7 Å². The molecule has 0 radical (unpaired) electrons. The predicted octanol–water partition coefficient (Wildman–Crippen LogP) is 4.38. The second-order valence-electron chi connectivity index (χ2n) is 7.34. The van der Waals surface area contributed by atoms with Crippen LogP contribution in [0, 0.1) is 18.6 Å². The van der Waals surface area contributed by atoms with Crippen LogP contribution >= 0.6 is 11.8 Å². The maximum atomic E-state index is 13.8. The van der Waals surface area contributed by atoms with Crippen LogP contribution in [-0.2, 0) is 4.79 Å². The molecular weight excluding hydrogens is 396 g/mol. The smallest absolute Gasteiger partial charge is 0.321 e. The molecule has 2 aliphatic rings. The van der Waals surface area contributed by atoms with E-state index in [-0.39, 0.29) is 16.5 Å². The van der Waals surface area contributed by atoms with Gasteiger partial charge in [0.2, 0.25) is 5.91 Å². The molecule has 2 fully saturated rings. The quantitative estimate of drug-likeness (QED) is 0.789. The highest BCUT2D eigenvalue weighted by Gasteiger charge is 2.49. The van der Waals surface area contributed by atoms with Gasteiger partial charge in [-0.05, 0) is 44.0 Å². The predicted molar refractivity (Wildman–Crippen MR) is 110 cm³/mol. The summed E-state index contributed by atoms with van der Waals surface area (Å²) >= 11 is 1.62. The molecule has 1 N–H and O–H groups in total. The highest BCUT2D eigenvalue weighted by Crippen LogP contribution is 2.46. The van der Waals surface area contributed by atoms with Crippen molar-refractivity contribution in [1.29, 1.82) is 0 Å². The van der Waals surface area contributed by atoms with E-state index in [1.165, 1.54) is 6.07 Å². The fourth-order valence-corrected chi connectivity index (χ4v) is 5.17. The zero-order valence-electron chi connectivity index (χ0n) is 16.0. The number of rotatable bonds is 2. The number of carbonyl (C=O) groups excluding carboxylic acids is 2. The molecule has 2 aromatic carbocycles. The van der Waals surface area contributed by atoms with E-state index in [4.69, 9.17) is 0 Å². The van der Waals surface area contributed by atoms with E-state index in [1.54, 1.807) is 16.7 Å². The van der Waals surface area contributed by atoms with Crippen molar-refractivity contribution in [3.8, 4) is 0 Å². The molecule has 3 amide bonds. The van der Waals surface area contributed by atoms with E-state index >= 15 is 0 Å². The number of carbonyl (C=O) groups is 2. The van der Waals surface area contributed by atoms with E-state index in [1.807, 2.05) is 36.1 Å². The number of anilines is 2. The number of piperidine rings is 1. The molecule has 0 aromatic heterocycles. The van der Waals surface area contributed by atoms with E-state index < -0.39 is 17.7 Å². The second-order valence-corrected chi connectivity index (χ2v) is 8.68. The van der Waals surface area contributed by atoms with Crippen LogP contribution in [0.25, 0.3) is 0 Å². The molecule has 1 spiro atoms. The van der Waals surface area contributed by atoms with Gasteiger partial charge in [-0.15, -0.1) is 11.8 Å². The van der Waals surface area contributed by atoms with Gasteiger partial charge in [0.05, 0.1) is 16.3 Å². The molecule has 2 aromatic rings. The largest absolute Gasteiger partial charge is 0.324 e. The number of benzene rings is 2. The lowest BCUT2D eigenvalue weighted by Crippen LogP contribution is -2.53. The van der Waals surface area contributed by atoms with Gasteiger partial charge in [0, 0.05) is 24.8 Å². The molecular formula is C21H21F2N3O2S. The highest BCUT2D eigenvalue weighted by molar-refractivity contribution is 8.02. The molecule has 5 nitrogen and oxygen atoms in total. The standard InChI is InChI=1S/C21H21F2N3O2S/c1-14-2-5-16(6-3-14)26-19(27)13-29-21(26)8-10-25(11-9-21)20(28)24-18-7-4-15(22)12-17(18)23/h2-7,12H,8-11,13H2,1H3,(H,24,28). The number of aryl methyl sites for hydroxylation is 1. The number of hydrogen-bond donors (Lipinski definition) is 1. The number of urea groups is 1. The molecule has 2 aliphatic heterocycles. The van der Waals surface area contributed by atoms with Gasteiger partial charge in [-0.25, -0.2) is 13.6 Å². The van der Waals surface area contributed by atoms with Crippen molar-refractivity contribution in [1.82, 2.24) is 4.90 Å². The summed E-state index contributed by atoms with van der Waals surface area (Å²) < 4.78 is 26.8. The van der Waals surface area contributed by atoms with Crippen LogP contribution in [0.15, 0.2) is 42.5 Å². The Bertz CT molecular complexity index is 943. The molecule has 4 rings (SSSR count). The van der Waals surface area contributed by atoms with Gasteiger partial charge >= 0.3 is 6.03 Å². The Balaban J connectivity index is 1.45. The summed E-state index contributed by atoms with van der Waals surface area (Å²) in [6.45, 7) is 2.88. The topological polar surface area (TPSA) is 52.7 Å². The molecule has 0 saturated carbocycles. The van der Waals surface area contributed by atoms with E-state index in [0.29, 0.717) is 31.7 Å². The molecule has 29 heavy (non-hydrogen) atoms. The van der Waals surface area contributed by atoms with Gasteiger partial charge in [0.15, 0.2) is 0 Å². The van der Waals surface area contributed by atoms with Gasteiger partial charge in [0.1, 0.15) is 11.6 Å². The Labute approximate surface area is 172 Å². The van der Waals surface area contributed by atoms with Crippen LogP contribution < -0.4 is 10.2 Å². The number of thioether (sulfide) groups is 1. The third-order valence-electron chi connectivity index (χ3n) is 5.42. The van der Waals surface area contributed by atoms with Crippen LogP contribution in [0.5, 0.6) is 0 Å². The van der Waals surface area contributed by atoms with E-state index in [0.717, 1.165) is 23.4 Å². The number of halogens is 2. The first kappa shape index (κ1) is 19.7. The Morgan fingerprint density at radius 3 is 2.45 bits per heavy atom. The average Bonchev–Trinajstić information content (AvgIpc) is 3.01. The van der Waals surface area contributed by atoms with Crippen molar-refractivity contribution in [2.24, 2.45) is 0 Å². The van der Waals surface area contributed by atoms with Crippen molar-refractivity contribution in [2.45, 2.75) is 24.6 Å². The number of likely N-dealkylation sites (tertiary alicyclic amines) is 1. The van der Waals surface area contributed by atoms with Gasteiger partial charge < -0.3 is 10.2 Å². The minimum absolute atomic E-state index is 0.0524. The Morgan fingerprint density at radius 2 is 1.79 bits per heavy atom. The number of nitrogens with zero attached hydrogens (tertiary/aromatic N) is 2. The van der Waals surface area contributed by atoms with Crippen molar-refractivity contribution in [2.75, 3.05) is 29.1 Å². The summed E-state index contributed by atoms with van der Waals surface area (Å²) in [7, 11) is 0. The Morgan fingerprint density at radius 1 is 1.10 bits per heavy atom. The van der Waals surface area contributed by atoms with Crippen LogP contribution in [-0.4, -0.2) is 40.6 Å². The fourth-order valence-electron chi connectivity index (χ4n) is 3.84. The van der Waals surface area contributed by atoms with E-state index in [9.17, 15) is 18.4 Å². The van der Waals surface area contributed by atoms with Crippen molar-refractivity contribution < 1.29 is 18.4 Å². The number of nitrogens with one attached hydrogen (secondary N) is 1. The van der Waals surface area contributed by atoms with Crippen LogP contribution in [0.1, 0.15) is 18.4 Å². The molecule has 0 aliphatic carbocycles.